The molecular weight excluding hydrogens is 195 g/mol. The van der Waals surface area contributed by atoms with E-state index in [1.165, 1.54) is 12.2 Å². The molecule has 1 aliphatic rings. The van der Waals surface area contributed by atoms with E-state index >= 15 is 0 Å². The minimum Gasteiger partial charge on any atom is -0.207 e. The van der Waals surface area contributed by atoms with E-state index in [4.69, 9.17) is 0 Å². The third kappa shape index (κ3) is 2.31. The molecule has 0 aromatic rings. The first kappa shape index (κ1) is 7.48. The molecule has 0 bridgehead atoms. The van der Waals surface area contributed by atoms with Gasteiger partial charge < -0.3 is 0 Å². The zero-order valence-corrected chi connectivity index (χ0v) is 6.81. The fourth-order valence-electron chi connectivity index (χ4n) is 0.587. The molecule has 0 atom stereocenters. The van der Waals surface area contributed by atoms with E-state index in [2.05, 4.69) is 15.9 Å². The Labute approximate surface area is 67.6 Å². The lowest BCUT2D eigenvalue weighted by molar-refractivity contribution is 0.667. The highest BCUT2D eigenvalue weighted by atomic mass is 79.9. The first-order valence-electron chi connectivity index (χ1n) is 2.87. The van der Waals surface area contributed by atoms with Crippen molar-refractivity contribution in [3.8, 4) is 0 Å². The van der Waals surface area contributed by atoms with Gasteiger partial charge in [0, 0.05) is 4.48 Å². The van der Waals surface area contributed by atoms with Gasteiger partial charge in [-0.15, -0.1) is 0 Å². The average Bonchev–Trinajstić information content (AvgIpc) is 1.83. The highest BCUT2D eigenvalue weighted by molar-refractivity contribution is 9.11. The average molecular weight is 201 g/mol. The van der Waals surface area contributed by atoms with E-state index < -0.39 is 0 Å². The third-order valence-electron chi connectivity index (χ3n) is 1.01. The molecule has 0 spiro atoms. The quantitative estimate of drug-likeness (QED) is 0.564. The van der Waals surface area contributed by atoms with Gasteiger partial charge in [0.15, 0.2) is 0 Å². The molecule has 1 rings (SSSR count). The van der Waals surface area contributed by atoms with E-state index in [0.29, 0.717) is 0 Å². The van der Waals surface area contributed by atoms with Crippen molar-refractivity contribution in [2.45, 2.75) is 0 Å². The summed E-state index contributed by atoms with van der Waals surface area (Å²) in [6.45, 7) is 0. The summed E-state index contributed by atoms with van der Waals surface area (Å²) in [5.41, 5.74) is 0. The maximum absolute atomic E-state index is 12.5. The van der Waals surface area contributed by atoms with Crippen molar-refractivity contribution in [1.29, 1.82) is 0 Å². The highest BCUT2D eigenvalue weighted by Crippen LogP contribution is 2.13. The molecule has 52 valence electrons. The van der Waals surface area contributed by atoms with Crippen LogP contribution in [0.3, 0.4) is 0 Å². The van der Waals surface area contributed by atoms with Gasteiger partial charge in [-0.1, -0.05) is 34.2 Å². The topological polar surface area (TPSA) is 0 Å². The summed E-state index contributed by atoms with van der Waals surface area (Å²) in [4.78, 5) is 0. The Morgan fingerprint density at radius 2 is 2.00 bits per heavy atom. The fourth-order valence-corrected chi connectivity index (χ4v) is 0.958. The first-order valence-corrected chi connectivity index (χ1v) is 3.66. The molecule has 0 heterocycles. The van der Waals surface area contributed by atoms with Gasteiger partial charge in [-0.2, -0.15) is 0 Å². The summed E-state index contributed by atoms with van der Waals surface area (Å²) in [5, 5.41) is 0. The van der Waals surface area contributed by atoms with Crippen LogP contribution in [0.1, 0.15) is 0 Å². The zero-order chi connectivity index (χ0) is 7.40. The van der Waals surface area contributed by atoms with E-state index in [1.807, 2.05) is 6.08 Å². The molecule has 0 saturated heterocycles. The summed E-state index contributed by atoms with van der Waals surface area (Å²) in [5.74, 6) is -0.243. The van der Waals surface area contributed by atoms with Gasteiger partial charge in [-0.25, -0.2) is 4.39 Å². The second-order valence-electron chi connectivity index (χ2n) is 1.82. The van der Waals surface area contributed by atoms with Crippen LogP contribution in [0.25, 0.3) is 0 Å². The zero-order valence-electron chi connectivity index (χ0n) is 5.22. The van der Waals surface area contributed by atoms with Crippen LogP contribution in [0.4, 0.5) is 4.39 Å². The first-order chi connectivity index (χ1) is 4.79. The second kappa shape index (κ2) is 3.52. The van der Waals surface area contributed by atoms with Crippen molar-refractivity contribution in [3.63, 3.8) is 0 Å². The lowest BCUT2D eigenvalue weighted by atomic mass is 10.3. The Bertz CT molecular complexity index is 231. The molecular formula is C8H6BrF. The second-order valence-corrected chi connectivity index (χ2v) is 2.74. The third-order valence-corrected chi connectivity index (χ3v) is 1.50. The van der Waals surface area contributed by atoms with E-state index in [-0.39, 0.29) is 5.83 Å². The number of allylic oxidation sites excluding steroid dienone is 8. The van der Waals surface area contributed by atoms with Crippen molar-refractivity contribution in [2.75, 3.05) is 0 Å². The molecule has 0 unspecified atom stereocenters. The number of halogens is 2. The molecule has 0 amide bonds. The van der Waals surface area contributed by atoms with Crippen LogP contribution in [0.5, 0.6) is 0 Å². The smallest absolute Gasteiger partial charge is 0.124 e. The number of hydrogen-bond donors (Lipinski definition) is 0. The molecule has 10 heavy (non-hydrogen) atoms. The molecule has 0 aromatic heterocycles. The van der Waals surface area contributed by atoms with Gasteiger partial charge in [-0.3, -0.25) is 0 Å². The van der Waals surface area contributed by atoms with E-state index in [0.717, 1.165) is 4.48 Å². The predicted octanol–water partition coefficient (Wildman–Crippen LogP) is 3.24. The summed E-state index contributed by atoms with van der Waals surface area (Å²) < 4.78 is 13.3. The maximum Gasteiger partial charge on any atom is 0.124 e. The van der Waals surface area contributed by atoms with Crippen LogP contribution in [0.2, 0.25) is 0 Å². The van der Waals surface area contributed by atoms with Gasteiger partial charge in [0.25, 0.3) is 0 Å². The Kier molecular flexibility index (Phi) is 2.63. The standard InChI is InChI=1S/C8H6BrF/c9-7-4-2-1-3-5-8(10)6-7/h1-6H/b2-1?,3-1-,4-2-,5-3?,7-4?,7-6?,8-5?,8-6?. The Hall–Kier alpha value is -0.630. The van der Waals surface area contributed by atoms with E-state index in [1.54, 1.807) is 18.2 Å². The lowest BCUT2D eigenvalue weighted by Crippen LogP contribution is -1.69. The largest absolute Gasteiger partial charge is 0.207 e. The summed E-state index contributed by atoms with van der Waals surface area (Å²) in [6.07, 6.45) is 9.87. The van der Waals surface area contributed by atoms with Crippen LogP contribution in [-0.2, 0) is 0 Å². The normalized spacial score (nSPS) is 23.8. The van der Waals surface area contributed by atoms with Crippen molar-refractivity contribution in [1.82, 2.24) is 0 Å². The lowest BCUT2D eigenvalue weighted by Gasteiger charge is -1.90. The maximum atomic E-state index is 12.5. The number of hydrogen-bond acceptors (Lipinski definition) is 0. The monoisotopic (exact) mass is 200 g/mol. The molecule has 0 radical (unpaired) electrons. The van der Waals surface area contributed by atoms with Crippen LogP contribution in [-0.4, -0.2) is 0 Å². The van der Waals surface area contributed by atoms with Gasteiger partial charge in [0.05, 0.1) is 0 Å². The summed E-state index contributed by atoms with van der Waals surface area (Å²) in [7, 11) is 0. The molecule has 2 heteroatoms. The number of rotatable bonds is 0. The summed E-state index contributed by atoms with van der Waals surface area (Å²) in [6, 6.07) is 0. The minimum absolute atomic E-state index is 0.243. The Morgan fingerprint density at radius 3 is 2.80 bits per heavy atom. The molecule has 0 saturated carbocycles. The van der Waals surface area contributed by atoms with Crippen LogP contribution < -0.4 is 0 Å². The Morgan fingerprint density at radius 1 is 1.20 bits per heavy atom. The van der Waals surface area contributed by atoms with Crippen molar-refractivity contribution < 1.29 is 4.39 Å². The highest BCUT2D eigenvalue weighted by Gasteiger charge is 1.90. The van der Waals surface area contributed by atoms with Gasteiger partial charge in [0.1, 0.15) is 5.83 Å². The van der Waals surface area contributed by atoms with Gasteiger partial charge >= 0.3 is 0 Å². The van der Waals surface area contributed by atoms with Crippen LogP contribution in [0, 0.1) is 0 Å². The molecule has 0 N–H and O–H groups in total. The van der Waals surface area contributed by atoms with Crippen LogP contribution >= 0.6 is 15.9 Å². The molecule has 0 aromatic carbocycles. The molecule has 0 nitrogen and oxygen atoms in total. The predicted molar refractivity (Wildman–Crippen MR) is 44.5 cm³/mol. The molecule has 0 aliphatic heterocycles. The Balaban J connectivity index is 2.89. The fraction of sp³-hybridized carbons (Fsp3) is 0. The van der Waals surface area contributed by atoms with Gasteiger partial charge in [-0.05, 0) is 18.2 Å². The minimum atomic E-state index is -0.243. The van der Waals surface area contributed by atoms with Crippen molar-refractivity contribution in [2.24, 2.45) is 0 Å². The van der Waals surface area contributed by atoms with Crippen molar-refractivity contribution in [3.05, 3.63) is 46.8 Å². The van der Waals surface area contributed by atoms with Crippen molar-refractivity contribution >= 4 is 15.9 Å². The van der Waals surface area contributed by atoms with E-state index in [9.17, 15) is 4.39 Å². The van der Waals surface area contributed by atoms with Crippen LogP contribution in [0.15, 0.2) is 46.8 Å². The van der Waals surface area contributed by atoms with Gasteiger partial charge in [0.2, 0.25) is 0 Å². The summed E-state index contributed by atoms with van der Waals surface area (Å²) >= 11 is 3.17. The SMILES string of the molecule is FC1=C/C=C\C=C/C(Br)=C1. The molecule has 1 aliphatic carbocycles. The molecule has 0 fully saturated rings.